The first-order valence-corrected chi connectivity index (χ1v) is 9.25. The predicted molar refractivity (Wildman–Crippen MR) is 106 cm³/mol. The fourth-order valence-corrected chi connectivity index (χ4v) is 3.10. The van der Waals surface area contributed by atoms with Crippen LogP contribution in [0.1, 0.15) is 35.8 Å². The summed E-state index contributed by atoms with van der Waals surface area (Å²) < 4.78 is 15.0. The van der Waals surface area contributed by atoms with Crippen LogP contribution in [0.2, 0.25) is 0 Å². The Bertz CT molecular complexity index is 996. The molecule has 1 aromatic heterocycles. The molecule has 140 valence electrons. The number of carbonyl (C=O) groups is 1. The molecule has 0 bridgehead atoms. The lowest BCUT2D eigenvalue weighted by Crippen LogP contribution is -2.33. The maximum atomic E-state index is 13.6. The second-order valence-electron chi connectivity index (χ2n) is 6.56. The normalized spacial score (nSPS) is 10.9. The Hall–Kier alpha value is -2.95. The van der Waals surface area contributed by atoms with Gasteiger partial charge in [0.1, 0.15) is 11.5 Å². The number of rotatable bonds is 7. The van der Waals surface area contributed by atoms with E-state index < -0.39 is 5.82 Å². The molecule has 0 spiro atoms. The summed E-state index contributed by atoms with van der Waals surface area (Å²) >= 11 is 0. The van der Waals surface area contributed by atoms with E-state index in [1.54, 1.807) is 6.07 Å². The highest BCUT2D eigenvalue weighted by Gasteiger charge is 2.15. The number of benzene rings is 2. The smallest absolute Gasteiger partial charge is 0.268 e. The zero-order valence-electron chi connectivity index (χ0n) is 15.4. The lowest BCUT2D eigenvalue weighted by molar-refractivity contribution is 0.0943. The second-order valence-corrected chi connectivity index (χ2v) is 6.56. The number of nitrogens with one attached hydrogen (secondary N) is 1. The molecule has 0 saturated heterocycles. The highest BCUT2D eigenvalue weighted by Crippen LogP contribution is 2.15. The lowest BCUT2D eigenvalue weighted by Gasteiger charge is -2.14. The molecule has 0 unspecified atom stereocenters. The number of fused-ring (bicyclic) bond motifs is 1. The van der Waals surface area contributed by atoms with E-state index in [0.29, 0.717) is 36.0 Å². The van der Waals surface area contributed by atoms with Crippen molar-refractivity contribution >= 4 is 16.7 Å². The van der Waals surface area contributed by atoms with Gasteiger partial charge in [0.2, 0.25) is 0 Å². The van der Waals surface area contributed by atoms with E-state index in [-0.39, 0.29) is 11.5 Å². The summed E-state index contributed by atoms with van der Waals surface area (Å²) in [7, 11) is 0. The van der Waals surface area contributed by atoms with E-state index >= 15 is 0 Å². The van der Waals surface area contributed by atoms with Gasteiger partial charge in [0.25, 0.3) is 11.5 Å². The first-order chi connectivity index (χ1) is 13.1. The van der Waals surface area contributed by atoms with Gasteiger partial charge >= 0.3 is 0 Å². The Labute approximate surface area is 157 Å². The topological polar surface area (TPSA) is 51.1 Å². The van der Waals surface area contributed by atoms with Crippen molar-refractivity contribution in [3.05, 3.63) is 82.0 Å². The highest BCUT2D eigenvalue weighted by atomic mass is 19.1. The molecular formula is C22H23FN2O2. The van der Waals surface area contributed by atoms with Crippen LogP contribution in [-0.4, -0.2) is 17.0 Å². The summed E-state index contributed by atoms with van der Waals surface area (Å²) in [5.41, 5.74) is 1.13. The number of hydrogen-bond donors (Lipinski definition) is 1. The van der Waals surface area contributed by atoms with Crippen molar-refractivity contribution in [1.29, 1.82) is 0 Å². The molecule has 5 heteroatoms. The van der Waals surface area contributed by atoms with Gasteiger partial charge in [-0.05, 0) is 42.0 Å². The van der Waals surface area contributed by atoms with Crippen molar-refractivity contribution in [3.8, 4) is 0 Å². The molecule has 0 aliphatic heterocycles. The quantitative estimate of drug-likeness (QED) is 0.689. The molecule has 3 rings (SSSR count). The Kier molecular flexibility index (Phi) is 6.01. The average Bonchev–Trinajstić information content (AvgIpc) is 2.68. The molecule has 3 aromatic rings. The molecule has 2 aromatic carbocycles. The Morgan fingerprint density at radius 1 is 1.11 bits per heavy atom. The standard InChI is InChI=1S/C22H23FN2O2/c1-2-3-13-25-20(14-17-9-10-18(23)15-19(17)22(25)27)21(26)24-12-11-16-7-5-4-6-8-16/h4-10,14-15H,2-3,11-13H2,1H3,(H,24,26). The largest absolute Gasteiger partial charge is 0.350 e. The monoisotopic (exact) mass is 366 g/mol. The van der Waals surface area contributed by atoms with E-state index in [4.69, 9.17) is 0 Å². The number of pyridine rings is 1. The van der Waals surface area contributed by atoms with Crippen LogP contribution in [0, 0.1) is 5.82 Å². The first kappa shape index (κ1) is 18.8. The molecule has 0 radical (unpaired) electrons. The lowest BCUT2D eigenvalue weighted by atomic mass is 10.1. The maximum absolute atomic E-state index is 13.6. The third kappa shape index (κ3) is 4.42. The molecular weight excluding hydrogens is 343 g/mol. The van der Waals surface area contributed by atoms with Crippen LogP contribution in [0.15, 0.2) is 59.4 Å². The van der Waals surface area contributed by atoms with Crippen LogP contribution in [0.4, 0.5) is 4.39 Å². The number of amides is 1. The average molecular weight is 366 g/mol. The molecule has 0 fully saturated rings. The van der Waals surface area contributed by atoms with Crippen molar-refractivity contribution in [1.82, 2.24) is 9.88 Å². The molecule has 0 aliphatic carbocycles. The fourth-order valence-electron chi connectivity index (χ4n) is 3.10. The molecule has 0 atom stereocenters. The zero-order chi connectivity index (χ0) is 19.2. The number of halogens is 1. The summed E-state index contributed by atoms with van der Waals surface area (Å²) in [4.78, 5) is 25.6. The van der Waals surface area contributed by atoms with Crippen LogP contribution < -0.4 is 10.9 Å². The first-order valence-electron chi connectivity index (χ1n) is 9.25. The number of hydrogen-bond acceptors (Lipinski definition) is 2. The van der Waals surface area contributed by atoms with Gasteiger partial charge in [-0.25, -0.2) is 4.39 Å². The third-order valence-corrected chi connectivity index (χ3v) is 4.58. The van der Waals surface area contributed by atoms with E-state index in [1.807, 2.05) is 37.3 Å². The summed E-state index contributed by atoms with van der Waals surface area (Å²) in [6.45, 7) is 2.93. The van der Waals surface area contributed by atoms with Crippen LogP contribution in [0.5, 0.6) is 0 Å². The summed E-state index contributed by atoms with van der Waals surface area (Å²) in [6.07, 6.45) is 2.37. The van der Waals surface area contributed by atoms with Gasteiger partial charge in [0.05, 0.1) is 5.39 Å². The van der Waals surface area contributed by atoms with Gasteiger partial charge in [-0.2, -0.15) is 0 Å². The van der Waals surface area contributed by atoms with Gasteiger partial charge in [0, 0.05) is 13.1 Å². The van der Waals surface area contributed by atoms with Gasteiger partial charge in [0.15, 0.2) is 0 Å². The van der Waals surface area contributed by atoms with Crippen molar-refractivity contribution in [2.24, 2.45) is 0 Å². The molecule has 0 aliphatic rings. The summed E-state index contributed by atoms with van der Waals surface area (Å²) in [5.74, 6) is -0.743. The minimum Gasteiger partial charge on any atom is -0.350 e. The molecule has 1 amide bonds. The number of carbonyl (C=O) groups excluding carboxylic acids is 1. The SMILES string of the molecule is CCCCn1c(C(=O)NCCc2ccccc2)cc2ccc(F)cc2c1=O. The number of unbranched alkanes of at least 4 members (excludes halogenated alkanes) is 1. The minimum absolute atomic E-state index is 0.287. The second kappa shape index (κ2) is 8.62. The molecule has 4 nitrogen and oxygen atoms in total. The van der Waals surface area contributed by atoms with Crippen molar-refractivity contribution in [2.45, 2.75) is 32.7 Å². The van der Waals surface area contributed by atoms with Gasteiger partial charge in [-0.15, -0.1) is 0 Å². The van der Waals surface area contributed by atoms with Gasteiger partial charge < -0.3 is 9.88 Å². The highest BCUT2D eigenvalue weighted by molar-refractivity contribution is 5.96. The Morgan fingerprint density at radius 2 is 1.89 bits per heavy atom. The van der Waals surface area contributed by atoms with Crippen molar-refractivity contribution < 1.29 is 9.18 Å². The molecule has 27 heavy (non-hydrogen) atoms. The summed E-state index contributed by atoms with van der Waals surface area (Å²) in [5, 5.41) is 3.76. The molecule has 1 heterocycles. The molecule has 0 saturated carbocycles. The van der Waals surface area contributed by atoms with E-state index in [1.165, 1.54) is 22.8 Å². The summed E-state index contributed by atoms with van der Waals surface area (Å²) in [6, 6.07) is 15.6. The van der Waals surface area contributed by atoms with Crippen LogP contribution in [0.25, 0.3) is 10.8 Å². The zero-order valence-corrected chi connectivity index (χ0v) is 15.4. The van der Waals surface area contributed by atoms with Crippen LogP contribution in [-0.2, 0) is 13.0 Å². The van der Waals surface area contributed by atoms with Gasteiger partial charge in [-0.3, -0.25) is 9.59 Å². The number of nitrogens with zero attached hydrogens (tertiary/aromatic N) is 1. The van der Waals surface area contributed by atoms with Crippen molar-refractivity contribution in [3.63, 3.8) is 0 Å². The van der Waals surface area contributed by atoms with E-state index in [9.17, 15) is 14.0 Å². The Morgan fingerprint density at radius 3 is 2.63 bits per heavy atom. The number of aromatic nitrogens is 1. The van der Waals surface area contributed by atoms with Gasteiger partial charge in [-0.1, -0.05) is 49.7 Å². The molecule has 1 N–H and O–H groups in total. The third-order valence-electron chi connectivity index (χ3n) is 4.58. The van der Waals surface area contributed by atoms with E-state index in [2.05, 4.69) is 5.32 Å². The minimum atomic E-state index is -0.457. The maximum Gasteiger partial charge on any atom is 0.268 e. The fraction of sp³-hybridized carbons (Fsp3) is 0.273. The predicted octanol–water partition coefficient (Wildman–Crippen LogP) is 3.91. The van der Waals surface area contributed by atoms with Crippen molar-refractivity contribution in [2.75, 3.05) is 6.54 Å². The van der Waals surface area contributed by atoms with Crippen LogP contribution in [0.3, 0.4) is 0 Å². The Balaban J connectivity index is 1.87. The van der Waals surface area contributed by atoms with Crippen LogP contribution >= 0.6 is 0 Å². The van der Waals surface area contributed by atoms with E-state index in [0.717, 1.165) is 18.4 Å².